The molecule has 1 saturated heterocycles. The van der Waals surface area contributed by atoms with E-state index in [0.717, 1.165) is 55.7 Å². The molecule has 152 valence electrons. The first kappa shape index (κ1) is 19.5. The summed E-state index contributed by atoms with van der Waals surface area (Å²) in [4.78, 5) is 19.9. The van der Waals surface area contributed by atoms with Gasteiger partial charge in [0.1, 0.15) is 11.5 Å². The molecule has 0 bridgehead atoms. The number of nitrogens with one attached hydrogen (secondary N) is 1. The van der Waals surface area contributed by atoms with E-state index in [2.05, 4.69) is 47.5 Å². The van der Waals surface area contributed by atoms with Crippen molar-refractivity contribution in [2.75, 3.05) is 18.0 Å². The summed E-state index contributed by atoms with van der Waals surface area (Å²) in [5, 5.41) is 4.40. The Bertz CT molecular complexity index is 1020. The van der Waals surface area contributed by atoms with Crippen LogP contribution in [0.1, 0.15) is 53.8 Å². The zero-order valence-electron chi connectivity index (χ0n) is 17.5. The molecule has 4 rings (SSSR count). The molecule has 0 aliphatic carbocycles. The van der Waals surface area contributed by atoms with Gasteiger partial charge in [-0.25, -0.2) is 0 Å². The molecule has 1 N–H and O–H groups in total. The predicted octanol–water partition coefficient (Wildman–Crippen LogP) is 4.80. The average molecular weight is 392 g/mol. The standard InChI is InChI=1S/C24H29N3O2/c1-4-7-19-15-23(20-8-5-6-9-22(20)25-19)27-12-10-18(11-13-27)26-24(28)21-14-16(2)29-17(21)3/h5-6,8-9,14-15,18H,4,7,10-13H2,1-3H3,(H,26,28). The molecule has 3 heterocycles. The number of amides is 1. The molecule has 2 aromatic heterocycles. The van der Waals surface area contributed by atoms with E-state index >= 15 is 0 Å². The first-order valence-electron chi connectivity index (χ1n) is 10.6. The minimum Gasteiger partial charge on any atom is -0.466 e. The lowest BCUT2D eigenvalue weighted by molar-refractivity contribution is 0.0929. The summed E-state index contributed by atoms with van der Waals surface area (Å²) in [6, 6.07) is 12.6. The van der Waals surface area contributed by atoms with Gasteiger partial charge in [0.05, 0.1) is 11.1 Å². The summed E-state index contributed by atoms with van der Waals surface area (Å²) in [6.07, 6.45) is 3.95. The van der Waals surface area contributed by atoms with Crippen LogP contribution in [0.25, 0.3) is 10.9 Å². The minimum atomic E-state index is -0.0302. The number of furan rings is 1. The van der Waals surface area contributed by atoms with Crippen LogP contribution in [0, 0.1) is 13.8 Å². The summed E-state index contributed by atoms with van der Waals surface area (Å²) in [5.74, 6) is 1.43. The fourth-order valence-electron chi connectivity index (χ4n) is 4.24. The molecule has 1 amide bonds. The number of fused-ring (bicyclic) bond motifs is 1. The fourth-order valence-corrected chi connectivity index (χ4v) is 4.24. The van der Waals surface area contributed by atoms with Gasteiger partial charge in [-0.1, -0.05) is 31.5 Å². The monoisotopic (exact) mass is 391 g/mol. The van der Waals surface area contributed by atoms with E-state index in [1.807, 2.05) is 19.9 Å². The maximum absolute atomic E-state index is 12.6. The number of aromatic nitrogens is 1. The minimum absolute atomic E-state index is 0.0302. The number of aryl methyl sites for hydroxylation is 3. The van der Waals surface area contributed by atoms with Crippen LogP contribution in [-0.4, -0.2) is 30.0 Å². The SMILES string of the molecule is CCCc1cc(N2CCC(NC(=O)c3cc(C)oc3C)CC2)c2ccccc2n1. The normalized spacial score (nSPS) is 15.1. The lowest BCUT2D eigenvalue weighted by Gasteiger charge is -2.34. The number of carbonyl (C=O) groups is 1. The van der Waals surface area contributed by atoms with Crippen LogP contribution in [0.3, 0.4) is 0 Å². The second-order valence-corrected chi connectivity index (χ2v) is 7.96. The number of rotatable bonds is 5. The van der Waals surface area contributed by atoms with Crippen LogP contribution < -0.4 is 10.2 Å². The van der Waals surface area contributed by atoms with Crippen LogP contribution in [0.5, 0.6) is 0 Å². The van der Waals surface area contributed by atoms with Crippen molar-refractivity contribution in [3.63, 3.8) is 0 Å². The van der Waals surface area contributed by atoms with Gasteiger partial charge >= 0.3 is 0 Å². The molecule has 5 nitrogen and oxygen atoms in total. The van der Waals surface area contributed by atoms with Crippen LogP contribution in [0.15, 0.2) is 40.8 Å². The van der Waals surface area contributed by atoms with Crippen LogP contribution in [0.2, 0.25) is 0 Å². The van der Waals surface area contributed by atoms with Gasteiger partial charge in [-0.05, 0) is 51.3 Å². The van der Waals surface area contributed by atoms with E-state index in [1.165, 1.54) is 11.1 Å². The Morgan fingerprint density at radius 3 is 2.66 bits per heavy atom. The Morgan fingerprint density at radius 2 is 1.97 bits per heavy atom. The van der Waals surface area contributed by atoms with Gasteiger partial charge in [0.15, 0.2) is 0 Å². The lowest BCUT2D eigenvalue weighted by Crippen LogP contribution is -2.44. The highest BCUT2D eigenvalue weighted by atomic mass is 16.3. The van der Waals surface area contributed by atoms with E-state index in [1.54, 1.807) is 0 Å². The molecular weight excluding hydrogens is 362 g/mol. The number of nitrogens with zero attached hydrogens (tertiary/aromatic N) is 2. The molecular formula is C24H29N3O2. The van der Waals surface area contributed by atoms with Crippen molar-refractivity contribution in [1.29, 1.82) is 0 Å². The predicted molar refractivity (Wildman–Crippen MR) is 117 cm³/mol. The second-order valence-electron chi connectivity index (χ2n) is 7.96. The molecule has 1 aliphatic heterocycles. The van der Waals surface area contributed by atoms with Gasteiger partial charge < -0.3 is 14.6 Å². The average Bonchev–Trinajstić information content (AvgIpc) is 3.06. The van der Waals surface area contributed by atoms with Crippen LogP contribution in [-0.2, 0) is 6.42 Å². The third kappa shape index (κ3) is 4.14. The number of hydrogen-bond acceptors (Lipinski definition) is 4. The van der Waals surface area contributed by atoms with Gasteiger partial charge in [0, 0.05) is 35.9 Å². The Kier molecular flexibility index (Phi) is 5.56. The molecule has 0 unspecified atom stereocenters. The van der Waals surface area contributed by atoms with Crippen molar-refractivity contribution in [2.24, 2.45) is 0 Å². The Balaban J connectivity index is 1.47. The van der Waals surface area contributed by atoms with E-state index in [0.29, 0.717) is 11.3 Å². The van der Waals surface area contributed by atoms with Crippen molar-refractivity contribution in [3.8, 4) is 0 Å². The summed E-state index contributed by atoms with van der Waals surface area (Å²) >= 11 is 0. The van der Waals surface area contributed by atoms with Gasteiger partial charge in [-0.3, -0.25) is 9.78 Å². The van der Waals surface area contributed by atoms with Crippen LogP contribution >= 0.6 is 0 Å². The molecule has 1 aliphatic rings. The molecule has 1 fully saturated rings. The van der Waals surface area contributed by atoms with Gasteiger partial charge in [0.2, 0.25) is 0 Å². The first-order chi connectivity index (χ1) is 14.0. The van der Waals surface area contributed by atoms with Gasteiger partial charge in [0.25, 0.3) is 5.91 Å². The van der Waals surface area contributed by atoms with Crippen molar-refractivity contribution in [1.82, 2.24) is 10.3 Å². The smallest absolute Gasteiger partial charge is 0.255 e. The van der Waals surface area contributed by atoms with Gasteiger partial charge in [-0.2, -0.15) is 0 Å². The van der Waals surface area contributed by atoms with Crippen molar-refractivity contribution < 1.29 is 9.21 Å². The number of carbonyl (C=O) groups excluding carboxylic acids is 1. The third-order valence-electron chi connectivity index (χ3n) is 5.71. The highest BCUT2D eigenvalue weighted by Gasteiger charge is 2.24. The Labute approximate surface area is 172 Å². The summed E-state index contributed by atoms with van der Waals surface area (Å²) in [7, 11) is 0. The lowest BCUT2D eigenvalue weighted by atomic mass is 10.0. The number of piperidine rings is 1. The number of anilines is 1. The highest BCUT2D eigenvalue weighted by molar-refractivity contribution is 5.95. The molecule has 1 aromatic carbocycles. The Hall–Kier alpha value is -2.82. The van der Waals surface area contributed by atoms with Crippen LogP contribution in [0.4, 0.5) is 5.69 Å². The number of hydrogen-bond donors (Lipinski definition) is 1. The van der Waals surface area contributed by atoms with Crippen molar-refractivity contribution >= 4 is 22.5 Å². The van der Waals surface area contributed by atoms with E-state index in [4.69, 9.17) is 9.40 Å². The third-order valence-corrected chi connectivity index (χ3v) is 5.71. The number of para-hydroxylation sites is 1. The largest absolute Gasteiger partial charge is 0.466 e. The summed E-state index contributed by atoms with van der Waals surface area (Å²) < 4.78 is 5.50. The zero-order valence-corrected chi connectivity index (χ0v) is 17.5. The quantitative estimate of drug-likeness (QED) is 0.679. The van der Waals surface area contributed by atoms with Crippen molar-refractivity contribution in [2.45, 2.75) is 52.5 Å². The molecule has 5 heteroatoms. The zero-order chi connectivity index (χ0) is 20.4. The fraction of sp³-hybridized carbons (Fsp3) is 0.417. The summed E-state index contributed by atoms with van der Waals surface area (Å²) in [5.41, 5.74) is 4.14. The molecule has 0 spiro atoms. The first-order valence-corrected chi connectivity index (χ1v) is 10.6. The maximum Gasteiger partial charge on any atom is 0.255 e. The van der Waals surface area contributed by atoms with E-state index in [-0.39, 0.29) is 11.9 Å². The highest BCUT2D eigenvalue weighted by Crippen LogP contribution is 2.29. The Morgan fingerprint density at radius 1 is 1.21 bits per heavy atom. The molecule has 0 radical (unpaired) electrons. The van der Waals surface area contributed by atoms with Gasteiger partial charge in [-0.15, -0.1) is 0 Å². The summed E-state index contributed by atoms with van der Waals surface area (Å²) in [6.45, 7) is 7.75. The topological polar surface area (TPSA) is 58.4 Å². The second kappa shape index (κ2) is 8.27. The molecule has 29 heavy (non-hydrogen) atoms. The molecule has 3 aromatic rings. The van der Waals surface area contributed by atoms with Crippen molar-refractivity contribution in [3.05, 3.63) is 59.2 Å². The van der Waals surface area contributed by atoms with E-state index < -0.39 is 0 Å². The maximum atomic E-state index is 12.6. The molecule has 0 saturated carbocycles. The molecule has 0 atom stereocenters. The van der Waals surface area contributed by atoms with E-state index in [9.17, 15) is 4.79 Å². The number of benzene rings is 1. The number of pyridine rings is 1.